The van der Waals surface area contributed by atoms with Gasteiger partial charge in [-0.15, -0.1) is 0 Å². The molecule has 3 rings (SSSR count). The molecule has 5 nitrogen and oxygen atoms in total. The molecule has 3 aromatic rings. The molecule has 2 aromatic carbocycles. The van der Waals surface area contributed by atoms with Crippen molar-refractivity contribution in [2.75, 3.05) is 28.4 Å². The van der Waals surface area contributed by atoms with E-state index in [9.17, 15) is 0 Å². The van der Waals surface area contributed by atoms with Crippen LogP contribution < -0.4 is 14.2 Å². The van der Waals surface area contributed by atoms with Gasteiger partial charge in [0.15, 0.2) is 11.5 Å². The van der Waals surface area contributed by atoms with Crippen molar-refractivity contribution >= 4 is 11.0 Å². The van der Waals surface area contributed by atoms with Gasteiger partial charge in [0.25, 0.3) is 0 Å². The highest BCUT2D eigenvalue weighted by Crippen LogP contribution is 2.35. The van der Waals surface area contributed by atoms with Crippen LogP contribution in [0.3, 0.4) is 0 Å². The lowest BCUT2D eigenvalue weighted by molar-refractivity contribution is 0.284. The lowest BCUT2D eigenvalue weighted by Crippen LogP contribution is -2.17. The highest BCUT2D eigenvalue weighted by molar-refractivity contribution is 5.77. The molecule has 0 bridgehead atoms. The predicted molar refractivity (Wildman–Crippen MR) is 97.5 cm³/mol. The quantitative estimate of drug-likeness (QED) is 0.647. The molecule has 0 N–H and O–H groups in total. The molecule has 0 saturated heterocycles. The molecule has 1 aromatic heterocycles. The SMILES string of the molecule is COc1cc(OC)c(OC)cc1CN(C)Cc1cc2ccccc2o1. The Balaban J connectivity index is 1.78. The van der Waals surface area contributed by atoms with Crippen molar-refractivity contribution in [2.24, 2.45) is 0 Å². The van der Waals surface area contributed by atoms with Crippen LogP contribution in [-0.2, 0) is 13.1 Å². The van der Waals surface area contributed by atoms with Crippen molar-refractivity contribution in [3.8, 4) is 17.2 Å². The van der Waals surface area contributed by atoms with Gasteiger partial charge in [-0.2, -0.15) is 0 Å². The van der Waals surface area contributed by atoms with Crippen LogP contribution in [0.5, 0.6) is 17.2 Å². The molecule has 0 saturated carbocycles. The molecule has 0 unspecified atom stereocenters. The number of rotatable bonds is 7. The average Bonchev–Trinajstić information content (AvgIpc) is 3.03. The third-order valence-corrected chi connectivity index (χ3v) is 4.13. The van der Waals surface area contributed by atoms with E-state index in [1.165, 1.54) is 0 Å². The normalized spacial score (nSPS) is 11.1. The molecule has 0 aliphatic carbocycles. The van der Waals surface area contributed by atoms with E-state index in [1.807, 2.05) is 37.4 Å². The molecule has 0 radical (unpaired) electrons. The van der Waals surface area contributed by atoms with Gasteiger partial charge in [-0.25, -0.2) is 0 Å². The lowest BCUT2D eigenvalue weighted by Gasteiger charge is -2.19. The Labute approximate surface area is 147 Å². The van der Waals surface area contributed by atoms with Gasteiger partial charge in [0.05, 0.1) is 27.9 Å². The summed E-state index contributed by atoms with van der Waals surface area (Å²) in [6, 6.07) is 13.9. The Kier molecular flexibility index (Phi) is 5.14. The molecule has 0 atom stereocenters. The fraction of sp³-hybridized carbons (Fsp3) is 0.300. The number of ether oxygens (including phenoxy) is 3. The van der Waals surface area contributed by atoms with Gasteiger partial charge < -0.3 is 18.6 Å². The molecule has 1 heterocycles. The van der Waals surface area contributed by atoms with Crippen molar-refractivity contribution in [2.45, 2.75) is 13.1 Å². The third kappa shape index (κ3) is 3.72. The van der Waals surface area contributed by atoms with Crippen molar-refractivity contribution in [1.29, 1.82) is 0 Å². The van der Waals surface area contributed by atoms with Gasteiger partial charge in [-0.1, -0.05) is 18.2 Å². The minimum absolute atomic E-state index is 0.656. The largest absolute Gasteiger partial charge is 0.496 e. The fourth-order valence-corrected chi connectivity index (χ4v) is 2.94. The Morgan fingerprint density at radius 2 is 1.52 bits per heavy atom. The minimum Gasteiger partial charge on any atom is -0.496 e. The summed E-state index contributed by atoms with van der Waals surface area (Å²) in [6.07, 6.45) is 0. The molecule has 5 heteroatoms. The monoisotopic (exact) mass is 341 g/mol. The second kappa shape index (κ2) is 7.49. The maximum atomic E-state index is 5.90. The van der Waals surface area contributed by atoms with Crippen LogP contribution in [0, 0.1) is 0 Å². The number of para-hydroxylation sites is 1. The molecular weight excluding hydrogens is 318 g/mol. The Morgan fingerprint density at radius 1 is 0.840 bits per heavy atom. The first-order valence-corrected chi connectivity index (χ1v) is 8.09. The van der Waals surface area contributed by atoms with Gasteiger partial charge >= 0.3 is 0 Å². The van der Waals surface area contributed by atoms with Crippen LogP contribution in [0.2, 0.25) is 0 Å². The van der Waals surface area contributed by atoms with Crippen LogP contribution in [0.25, 0.3) is 11.0 Å². The molecular formula is C20H23NO4. The van der Waals surface area contributed by atoms with Crippen molar-refractivity contribution in [1.82, 2.24) is 4.90 Å². The summed E-state index contributed by atoms with van der Waals surface area (Å²) in [4.78, 5) is 2.17. The maximum Gasteiger partial charge on any atom is 0.164 e. The molecule has 25 heavy (non-hydrogen) atoms. The fourth-order valence-electron chi connectivity index (χ4n) is 2.94. The minimum atomic E-state index is 0.656. The summed E-state index contributed by atoms with van der Waals surface area (Å²) in [5.41, 5.74) is 1.94. The van der Waals surface area contributed by atoms with E-state index in [0.29, 0.717) is 24.6 Å². The smallest absolute Gasteiger partial charge is 0.164 e. The number of benzene rings is 2. The topological polar surface area (TPSA) is 44.1 Å². The summed E-state index contributed by atoms with van der Waals surface area (Å²) in [7, 11) is 6.95. The molecule has 0 amide bonds. The van der Waals surface area contributed by atoms with Crippen molar-refractivity contribution in [3.63, 3.8) is 0 Å². The van der Waals surface area contributed by atoms with E-state index in [-0.39, 0.29) is 0 Å². The zero-order valence-corrected chi connectivity index (χ0v) is 15.0. The van der Waals surface area contributed by atoms with Gasteiger partial charge in [0, 0.05) is 23.6 Å². The van der Waals surface area contributed by atoms with E-state index in [0.717, 1.165) is 28.0 Å². The number of furan rings is 1. The van der Waals surface area contributed by atoms with E-state index < -0.39 is 0 Å². The van der Waals surface area contributed by atoms with Crippen LogP contribution in [0.15, 0.2) is 46.9 Å². The summed E-state index contributed by atoms with van der Waals surface area (Å²) in [6.45, 7) is 1.40. The van der Waals surface area contributed by atoms with Gasteiger partial charge in [0.2, 0.25) is 0 Å². The molecule has 0 aliphatic rings. The van der Waals surface area contributed by atoms with Gasteiger partial charge in [0.1, 0.15) is 17.1 Å². The first-order valence-electron chi connectivity index (χ1n) is 8.09. The third-order valence-electron chi connectivity index (χ3n) is 4.13. The Bertz CT molecular complexity index is 823. The van der Waals surface area contributed by atoms with Crippen LogP contribution in [0.4, 0.5) is 0 Å². The summed E-state index contributed by atoms with van der Waals surface area (Å²) in [5.74, 6) is 3.05. The maximum absolute atomic E-state index is 5.90. The van der Waals surface area contributed by atoms with E-state index in [1.54, 1.807) is 21.3 Å². The number of hydrogen-bond donors (Lipinski definition) is 0. The number of methoxy groups -OCH3 is 3. The number of fused-ring (bicyclic) bond motifs is 1. The standard InChI is InChI=1S/C20H23NO4/c1-21(13-16-9-14-7-5-6-8-17(14)25-16)12-15-10-19(23-3)20(24-4)11-18(15)22-2/h5-11H,12-13H2,1-4H3. The molecule has 0 spiro atoms. The van der Waals surface area contributed by atoms with Crippen molar-refractivity contribution < 1.29 is 18.6 Å². The summed E-state index contributed by atoms with van der Waals surface area (Å²) in [5, 5.41) is 1.12. The van der Waals surface area contributed by atoms with Gasteiger partial charge in [-0.05, 0) is 25.2 Å². The lowest BCUT2D eigenvalue weighted by atomic mass is 10.1. The van der Waals surface area contributed by atoms with E-state index >= 15 is 0 Å². The number of nitrogens with zero attached hydrogens (tertiary/aromatic N) is 1. The summed E-state index contributed by atoms with van der Waals surface area (Å²) < 4.78 is 22.1. The van der Waals surface area contributed by atoms with E-state index in [4.69, 9.17) is 18.6 Å². The zero-order valence-electron chi connectivity index (χ0n) is 15.0. The molecule has 0 fully saturated rings. The number of hydrogen-bond acceptors (Lipinski definition) is 5. The summed E-state index contributed by atoms with van der Waals surface area (Å²) >= 11 is 0. The second-order valence-corrected chi connectivity index (χ2v) is 5.94. The van der Waals surface area contributed by atoms with Crippen LogP contribution >= 0.6 is 0 Å². The second-order valence-electron chi connectivity index (χ2n) is 5.94. The predicted octanol–water partition coefficient (Wildman–Crippen LogP) is 4.09. The van der Waals surface area contributed by atoms with Crippen LogP contribution in [0.1, 0.15) is 11.3 Å². The first kappa shape index (κ1) is 17.2. The average molecular weight is 341 g/mol. The Hall–Kier alpha value is -2.66. The van der Waals surface area contributed by atoms with Crippen LogP contribution in [-0.4, -0.2) is 33.3 Å². The van der Waals surface area contributed by atoms with Crippen molar-refractivity contribution in [3.05, 3.63) is 53.8 Å². The molecule has 132 valence electrons. The first-order chi connectivity index (χ1) is 12.1. The molecule has 0 aliphatic heterocycles. The zero-order chi connectivity index (χ0) is 17.8. The van der Waals surface area contributed by atoms with E-state index in [2.05, 4.69) is 17.0 Å². The highest BCUT2D eigenvalue weighted by atomic mass is 16.5. The highest BCUT2D eigenvalue weighted by Gasteiger charge is 2.14. The van der Waals surface area contributed by atoms with Gasteiger partial charge in [-0.3, -0.25) is 4.90 Å². The Morgan fingerprint density at radius 3 is 2.20 bits per heavy atom.